The molecule has 3 atom stereocenters. The quantitative estimate of drug-likeness (QED) is 0.585. The molecule has 11 heteroatoms. The van der Waals surface area contributed by atoms with Gasteiger partial charge >= 0.3 is 0 Å². The summed E-state index contributed by atoms with van der Waals surface area (Å²) in [6.07, 6.45) is 5.81. The summed E-state index contributed by atoms with van der Waals surface area (Å²) in [5.41, 5.74) is 1.08. The molecule has 0 unspecified atom stereocenters. The molecule has 4 heterocycles. The second kappa shape index (κ2) is 14.1. The number of benzene rings is 1. The third kappa shape index (κ3) is 7.20. The molecule has 2 fully saturated rings. The zero-order valence-electron chi connectivity index (χ0n) is 23.4. The van der Waals surface area contributed by atoms with Crippen LogP contribution in [0.15, 0.2) is 30.3 Å². The second-order valence-electron chi connectivity index (χ2n) is 11.1. The summed E-state index contributed by atoms with van der Waals surface area (Å²) >= 11 is 0. The summed E-state index contributed by atoms with van der Waals surface area (Å²) < 4.78 is 1.86. The van der Waals surface area contributed by atoms with Crippen LogP contribution < -0.4 is 10.6 Å². The molecule has 10 nitrogen and oxygen atoms in total. The van der Waals surface area contributed by atoms with Crippen molar-refractivity contribution in [3.8, 4) is 0 Å². The first-order valence-corrected chi connectivity index (χ1v) is 14.5. The van der Waals surface area contributed by atoms with Crippen molar-refractivity contribution in [1.29, 1.82) is 0 Å². The number of halogens is 1. The van der Waals surface area contributed by atoms with E-state index in [2.05, 4.69) is 15.7 Å². The van der Waals surface area contributed by atoms with Gasteiger partial charge in [0.05, 0.1) is 18.5 Å². The Labute approximate surface area is 242 Å². The van der Waals surface area contributed by atoms with Crippen LogP contribution in [0.2, 0.25) is 0 Å². The highest BCUT2D eigenvalue weighted by Crippen LogP contribution is 2.23. The number of carbonyl (C=O) groups is 3. The summed E-state index contributed by atoms with van der Waals surface area (Å²) in [6.45, 7) is 5.57. The molecular weight excluding hydrogens is 530 g/mol. The highest BCUT2D eigenvalue weighted by Gasteiger charge is 2.35. The Balaban J connectivity index is 0.00000370. The van der Waals surface area contributed by atoms with Gasteiger partial charge in [0, 0.05) is 32.6 Å². The Morgan fingerprint density at radius 3 is 2.60 bits per heavy atom. The van der Waals surface area contributed by atoms with E-state index in [-0.39, 0.29) is 36.0 Å². The average Bonchev–Trinajstić information content (AvgIpc) is 3.34. The van der Waals surface area contributed by atoms with Crippen LogP contribution >= 0.6 is 12.4 Å². The maximum atomic E-state index is 13.7. The molecule has 2 N–H and O–H groups in total. The molecule has 3 amide bonds. The van der Waals surface area contributed by atoms with Crippen LogP contribution in [0.4, 0.5) is 0 Å². The van der Waals surface area contributed by atoms with E-state index in [9.17, 15) is 14.4 Å². The molecule has 3 aliphatic heterocycles. The number of amides is 3. The lowest BCUT2D eigenvalue weighted by atomic mass is 9.97. The van der Waals surface area contributed by atoms with E-state index < -0.39 is 12.1 Å². The van der Waals surface area contributed by atoms with Crippen LogP contribution in [0.1, 0.15) is 68.2 Å². The van der Waals surface area contributed by atoms with Crippen molar-refractivity contribution in [2.24, 2.45) is 5.92 Å². The lowest BCUT2D eigenvalue weighted by Crippen LogP contribution is -2.53. The highest BCUT2D eigenvalue weighted by atomic mass is 35.5. The number of hydrogen-bond acceptors (Lipinski definition) is 6. The molecule has 1 aromatic heterocycles. The number of fused-ring (bicyclic) bond motifs is 2. The maximum absolute atomic E-state index is 13.7. The van der Waals surface area contributed by atoms with Crippen molar-refractivity contribution in [3.63, 3.8) is 0 Å². The van der Waals surface area contributed by atoms with E-state index in [4.69, 9.17) is 4.98 Å². The first-order valence-electron chi connectivity index (χ1n) is 14.5. The molecule has 40 heavy (non-hydrogen) atoms. The molecule has 218 valence electrons. The van der Waals surface area contributed by atoms with E-state index in [1.165, 1.54) is 0 Å². The predicted octanol–water partition coefficient (Wildman–Crippen LogP) is 2.41. The first kappa shape index (κ1) is 30.0. The van der Waals surface area contributed by atoms with Crippen molar-refractivity contribution < 1.29 is 14.4 Å². The Morgan fingerprint density at radius 1 is 1.00 bits per heavy atom. The highest BCUT2D eigenvalue weighted by molar-refractivity contribution is 5.88. The molecule has 5 rings (SSSR count). The Kier molecular flexibility index (Phi) is 10.6. The number of nitrogens with one attached hydrogen (secondary N) is 2. The van der Waals surface area contributed by atoms with Crippen LogP contribution in [-0.4, -0.2) is 81.1 Å². The third-order valence-electron chi connectivity index (χ3n) is 8.20. The minimum Gasteiger partial charge on any atom is -0.344 e. The van der Waals surface area contributed by atoms with Crippen LogP contribution in [-0.2, 0) is 27.3 Å². The minimum atomic E-state index is -0.490. The van der Waals surface area contributed by atoms with E-state index >= 15 is 0 Å². The molecule has 3 aliphatic rings. The fourth-order valence-corrected chi connectivity index (χ4v) is 6.15. The Hall–Kier alpha value is -2.98. The third-order valence-corrected chi connectivity index (χ3v) is 8.20. The van der Waals surface area contributed by atoms with Gasteiger partial charge in [0.1, 0.15) is 17.7 Å². The van der Waals surface area contributed by atoms with Crippen molar-refractivity contribution in [1.82, 2.24) is 35.2 Å². The topological polar surface area (TPSA) is 112 Å². The van der Waals surface area contributed by atoms with E-state index in [0.29, 0.717) is 70.1 Å². The molecule has 0 spiro atoms. The zero-order valence-corrected chi connectivity index (χ0v) is 24.2. The van der Waals surface area contributed by atoms with Gasteiger partial charge in [-0.15, -0.1) is 12.4 Å². The number of rotatable bonds is 3. The van der Waals surface area contributed by atoms with Gasteiger partial charge in [-0.3, -0.25) is 14.4 Å². The monoisotopic (exact) mass is 571 g/mol. The normalized spacial score (nSPS) is 24.7. The molecule has 0 bridgehead atoms. The molecule has 0 radical (unpaired) electrons. The minimum absolute atomic E-state index is 0. The molecule has 0 aliphatic carbocycles. The van der Waals surface area contributed by atoms with Crippen LogP contribution in [0, 0.1) is 12.8 Å². The number of aromatic nitrogens is 3. The van der Waals surface area contributed by atoms with Crippen molar-refractivity contribution in [3.05, 3.63) is 47.5 Å². The standard InChI is InChI=1S/C29H41N7O3.ClH/c1-21-31-27-24(19-22-9-3-2-4-10-22)32-28(38)25-12-5-6-16-35(25)26(37)13-8-15-34(17-18-36(27)33-21)29(39)23-11-7-14-30-20-23;/h2-4,9-10,23-25,30H,5-8,11-20H2,1H3,(H,32,38);1H/t23-,24+,25-;/m0./s1. The maximum Gasteiger partial charge on any atom is 0.243 e. The van der Waals surface area contributed by atoms with Gasteiger partial charge in [-0.1, -0.05) is 30.3 Å². The van der Waals surface area contributed by atoms with E-state index in [0.717, 1.165) is 37.8 Å². The smallest absolute Gasteiger partial charge is 0.243 e. The fraction of sp³-hybridized carbons (Fsp3) is 0.621. The lowest BCUT2D eigenvalue weighted by Gasteiger charge is -2.36. The van der Waals surface area contributed by atoms with Gasteiger partial charge in [-0.2, -0.15) is 5.10 Å². The molecule has 2 saturated heterocycles. The van der Waals surface area contributed by atoms with Crippen LogP contribution in [0.25, 0.3) is 0 Å². The molecular formula is C29H42ClN7O3. The second-order valence-corrected chi connectivity index (χ2v) is 11.1. The zero-order chi connectivity index (χ0) is 27.2. The Bertz CT molecular complexity index is 1150. The summed E-state index contributed by atoms with van der Waals surface area (Å²) in [5.74, 6) is 1.28. The average molecular weight is 572 g/mol. The number of aryl methyl sites for hydroxylation is 1. The van der Waals surface area contributed by atoms with E-state index in [1.54, 1.807) is 4.90 Å². The fourth-order valence-electron chi connectivity index (χ4n) is 6.15. The number of carbonyl (C=O) groups excluding carboxylic acids is 3. The van der Waals surface area contributed by atoms with Gasteiger partial charge in [-0.05, 0) is 64.0 Å². The molecule has 1 aromatic carbocycles. The van der Waals surface area contributed by atoms with Gasteiger partial charge in [0.25, 0.3) is 0 Å². The number of piperidine rings is 2. The van der Waals surface area contributed by atoms with Gasteiger partial charge < -0.3 is 20.4 Å². The van der Waals surface area contributed by atoms with Gasteiger partial charge in [0.2, 0.25) is 17.7 Å². The lowest BCUT2D eigenvalue weighted by molar-refractivity contribution is -0.143. The molecule has 0 saturated carbocycles. The van der Waals surface area contributed by atoms with Crippen molar-refractivity contribution in [2.45, 2.75) is 76.9 Å². The molecule has 2 aromatic rings. The van der Waals surface area contributed by atoms with E-state index in [1.807, 2.05) is 46.8 Å². The van der Waals surface area contributed by atoms with Crippen molar-refractivity contribution in [2.75, 3.05) is 32.7 Å². The van der Waals surface area contributed by atoms with Gasteiger partial charge in [0.15, 0.2) is 0 Å². The Morgan fingerprint density at radius 2 is 1.82 bits per heavy atom. The summed E-state index contributed by atoms with van der Waals surface area (Å²) in [4.78, 5) is 49.0. The number of nitrogens with zero attached hydrogens (tertiary/aromatic N) is 5. The van der Waals surface area contributed by atoms with Gasteiger partial charge in [-0.25, -0.2) is 9.67 Å². The van der Waals surface area contributed by atoms with Crippen LogP contribution in [0.3, 0.4) is 0 Å². The predicted molar refractivity (Wildman–Crippen MR) is 154 cm³/mol. The first-order chi connectivity index (χ1) is 19.0. The largest absolute Gasteiger partial charge is 0.344 e. The summed E-state index contributed by atoms with van der Waals surface area (Å²) in [5, 5.41) is 11.3. The summed E-state index contributed by atoms with van der Waals surface area (Å²) in [7, 11) is 0. The summed E-state index contributed by atoms with van der Waals surface area (Å²) in [6, 6.07) is 9.13. The van der Waals surface area contributed by atoms with Crippen molar-refractivity contribution >= 4 is 30.1 Å². The SMILES string of the molecule is Cc1nc2n(n1)CCN(C(=O)[C@H]1CCCNC1)CCCC(=O)N1CCCC[C@H]1C(=O)N[C@@H]2Cc1ccccc1.Cl. The van der Waals surface area contributed by atoms with Crippen LogP contribution in [0.5, 0.6) is 0 Å². The number of hydrogen-bond donors (Lipinski definition) is 2.